The maximum absolute atomic E-state index is 12.3. The van der Waals surface area contributed by atoms with E-state index in [1.165, 1.54) is 0 Å². The van der Waals surface area contributed by atoms with Gasteiger partial charge in [-0.2, -0.15) is 0 Å². The van der Waals surface area contributed by atoms with E-state index in [-0.39, 0.29) is 5.56 Å². The zero-order valence-electron chi connectivity index (χ0n) is 17.3. The zero-order chi connectivity index (χ0) is 21.5. The summed E-state index contributed by atoms with van der Waals surface area (Å²) in [6, 6.07) is 17.3. The highest BCUT2D eigenvalue weighted by molar-refractivity contribution is 6.30. The Labute approximate surface area is 186 Å². The fourth-order valence-corrected chi connectivity index (χ4v) is 3.61. The molecular weight excluding hydrogens is 414 g/mol. The Morgan fingerprint density at radius 3 is 2.68 bits per heavy atom. The van der Waals surface area contributed by atoms with Crippen molar-refractivity contribution in [3.63, 3.8) is 0 Å². The van der Waals surface area contributed by atoms with Crippen LogP contribution in [-0.4, -0.2) is 49.3 Å². The standard InChI is InChI=1S/C24H26ClN3O3/c25-21-6-4-18(5-7-21)19-14-20(24(29)27-16-19)17-26-22-2-1-3-23(15-22)31-13-10-28-8-11-30-12-9-28/h1-7,14-16,26H,8-13,17H2,(H,27,29). The number of benzene rings is 2. The van der Waals surface area contributed by atoms with Crippen LogP contribution in [0.1, 0.15) is 5.56 Å². The SMILES string of the molecule is O=c1[nH]cc(-c2ccc(Cl)cc2)cc1CNc1cccc(OCCN2CCOCC2)c1. The second-order valence-electron chi connectivity index (χ2n) is 7.43. The lowest BCUT2D eigenvalue weighted by Crippen LogP contribution is -2.38. The Hall–Kier alpha value is -2.80. The molecule has 1 fully saturated rings. The second kappa shape index (κ2) is 10.5. The third kappa shape index (κ3) is 6.10. The summed E-state index contributed by atoms with van der Waals surface area (Å²) >= 11 is 5.97. The van der Waals surface area contributed by atoms with Crippen molar-refractivity contribution in [2.45, 2.75) is 6.54 Å². The lowest BCUT2D eigenvalue weighted by molar-refractivity contribution is 0.0322. The molecule has 1 aromatic heterocycles. The third-order valence-corrected chi connectivity index (χ3v) is 5.51. The van der Waals surface area contributed by atoms with E-state index in [2.05, 4.69) is 15.2 Å². The fraction of sp³-hybridized carbons (Fsp3) is 0.292. The number of hydrogen-bond acceptors (Lipinski definition) is 5. The quantitative estimate of drug-likeness (QED) is 0.555. The maximum atomic E-state index is 12.3. The Balaban J connectivity index is 1.35. The molecule has 0 unspecified atom stereocenters. The second-order valence-corrected chi connectivity index (χ2v) is 7.87. The van der Waals surface area contributed by atoms with Crippen molar-refractivity contribution in [2.75, 3.05) is 44.8 Å². The van der Waals surface area contributed by atoms with Gasteiger partial charge in [-0.25, -0.2) is 0 Å². The maximum Gasteiger partial charge on any atom is 0.252 e. The van der Waals surface area contributed by atoms with Gasteiger partial charge in [-0.1, -0.05) is 29.8 Å². The first kappa shape index (κ1) is 21.4. The lowest BCUT2D eigenvalue weighted by Gasteiger charge is -2.26. The van der Waals surface area contributed by atoms with Crippen LogP contribution in [0.25, 0.3) is 11.1 Å². The van der Waals surface area contributed by atoms with Gasteiger partial charge in [-0.05, 0) is 41.5 Å². The molecule has 162 valence electrons. The summed E-state index contributed by atoms with van der Waals surface area (Å²) in [5.74, 6) is 0.807. The van der Waals surface area contributed by atoms with E-state index in [0.29, 0.717) is 23.7 Å². The highest BCUT2D eigenvalue weighted by Gasteiger charge is 2.10. The Bertz CT molecular complexity index is 1050. The first-order chi connectivity index (χ1) is 15.2. The highest BCUT2D eigenvalue weighted by atomic mass is 35.5. The molecule has 3 aromatic rings. The van der Waals surface area contributed by atoms with Gasteiger partial charge in [0.05, 0.1) is 13.2 Å². The number of aromatic amines is 1. The minimum absolute atomic E-state index is 0.108. The number of halogens is 1. The van der Waals surface area contributed by atoms with Gasteiger partial charge >= 0.3 is 0 Å². The third-order valence-electron chi connectivity index (χ3n) is 5.25. The molecule has 2 N–H and O–H groups in total. The summed E-state index contributed by atoms with van der Waals surface area (Å²) in [7, 11) is 0. The molecule has 0 radical (unpaired) electrons. The van der Waals surface area contributed by atoms with Crippen LogP contribution >= 0.6 is 11.6 Å². The van der Waals surface area contributed by atoms with Gasteiger partial charge in [0, 0.05) is 54.7 Å². The van der Waals surface area contributed by atoms with Crippen LogP contribution in [0.4, 0.5) is 5.69 Å². The van der Waals surface area contributed by atoms with Crippen LogP contribution in [0.15, 0.2) is 65.6 Å². The molecule has 0 bridgehead atoms. The van der Waals surface area contributed by atoms with Gasteiger partial charge in [-0.15, -0.1) is 0 Å². The van der Waals surface area contributed by atoms with Crippen LogP contribution in [-0.2, 0) is 11.3 Å². The van der Waals surface area contributed by atoms with Crippen LogP contribution in [0, 0.1) is 0 Å². The van der Waals surface area contributed by atoms with Crippen molar-refractivity contribution in [1.29, 1.82) is 0 Å². The van der Waals surface area contributed by atoms with Crippen LogP contribution in [0.3, 0.4) is 0 Å². The minimum Gasteiger partial charge on any atom is -0.492 e. The van der Waals surface area contributed by atoms with Gasteiger partial charge in [0.25, 0.3) is 5.56 Å². The van der Waals surface area contributed by atoms with E-state index in [1.54, 1.807) is 6.20 Å². The predicted octanol–water partition coefficient (Wildman–Crippen LogP) is 4.02. The van der Waals surface area contributed by atoms with Crippen LogP contribution in [0.2, 0.25) is 5.02 Å². The number of morpholine rings is 1. The summed E-state index contributed by atoms with van der Waals surface area (Å²) in [5, 5.41) is 4.00. The molecule has 6 nitrogen and oxygen atoms in total. The number of H-pyrrole nitrogens is 1. The topological polar surface area (TPSA) is 66.6 Å². The van der Waals surface area contributed by atoms with Gasteiger partial charge in [0.15, 0.2) is 0 Å². The first-order valence-electron chi connectivity index (χ1n) is 10.4. The molecule has 2 heterocycles. The molecule has 31 heavy (non-hydrogen) atoms. The monoisotopic (exact) mass is 439 g/mol. The molecule has 0 saturated carbocycles. The van der Waals surface area contributed by atoms with Crippen LogP contribution in [0.5, 0.6) is 5.75 Å². The van der Waals surface area contributed by atoms with Gasteiger partial charge in [-0.3, -0.25) is 9.69 Å². The van der Waals surface area contributed by atoms with E-state index >= 15 is 0 Å². The number of rotatable bonds is 8. The van der Waals surface area contributed by atoms with E-state index in [4.69, 9.17) is 21.1 Å². The summed E-state index contributed by atoms with van der Waals surface area (Å²) in [6.45, 7) is 5.41. The molecule has 2 aromatic carbocycles. The minimum atomic E-state index is -0.108. The normalized spacial score (nSPS) is 14.4. The molecular formula is C24H26ClN3O3. The average Bonchev–Trinajstić information content (AvgIpc) is 2.80. The summed E-state index contributed by atoms with van der Waals surface area (Å²) in [5.41, 5.74) is 3.39. The van der Waals surface area contributed by atoms with Crippen molar-refractivity contribution in [3.8, 4) is 16.9 Å². The lowest BCUT2D eigenvalue weighted by atomic mass is 10.1. The largest absolute Gasteiger partial charge is 0.492 e. The van der Waals surface area contributed by atoms with E-state index in [0.717, 1.165) is 55.4 Å². The Kier molecular flexibility index (Phi) is 7.25. The number of ether oxygens (including phenoxy) is 2. The Morgan fingerprint density at radius 2 is 1.87 bits per heavy atom. The fourth-order valence-electron chi connectivity index (χ4n) is 3.48. The number of anilines is 1. The van der Waals surface area contributed by atoms with Crippen molar-refractivity contribution >= 4 is 17.3 Å². The van der Waals surface area contributed by atoms with Crippen LogP contribution < -0.4 is 15.6 Å². The molecule has 1 aliphatic heterocycles. The van der Waals surface area contributed by atoms with Crippen molar-refractivity contribution in [3.05, 3.63) is 81.7 Å². The number of nitrogens with one attached hydrogen (secondary N) is 2. The summed E-state index contributed by atoms with van der Waals surface area (Å²) in [6.07, 6.45) is 1.72. The van der Waals surface area contributed by atoms with E-state index in [1.807, 2.05) is 54.6 Å². The van der Waals surface area contributed by atoms with E-state index in [9.17, 15) is 4.79 Å². The average molecular weight is 440 g/mol. The molecule has 4 rings (SSSR count). The van der Waals surface area contributed by atoms with E-state index < -0.39 is 0 Å². The van der Waals surface area contributed by atoms with Crippen molar-refractivity contribution < 1.29 is 9.47 Å². The molecule has 7 heteroatoms. The number of aromatic nitrogens is 1. The molecule has 0 atom stereocenters. The summed E-state index contributed by atoms with van der Waals surface area (Å²) in [4.78, 5) is 17.4. The number of nitrogens with zero attached hydrogens (tertiary/aromatic N) is 1. The molecule has 1 aliphatic rings. The molecule has 0 spiro atoms. The molecule has 0 aliphatic carbocycles. The smallest absolute Gasteiger partial charge is 0.252 e. The van der Waals surface area contributed by atoms with Crippen molar-refractivity contribution in [1.82, 2.24) is 9.88 Å². The van der Waals surface area contributed by atoms with Gasteiger partial charge < -0.3 is 19.8 Å². The Morgan fingerprint density at radius 1 is 1.06 bits per heavy atom. The zero-order valence-corrected chi connectivity index (χ0v) is 18.0. The predicted molar refractivity (Wildman–Crippen MR) is 124 cm³/mol. The molecule has 1 saturated heterocycles. The highest BCUT2D eigenvalue weighted by Crippen LogP contribution is 2.22. The number of hydrogen-bond donors (Lipinski definition) is 2. The summed E-state index contributed by atoms with van der Waals surface area (Å²) < 4.78 is 11.3. The van der Waals surface area contributed by atoms with Gasteiger partial charge in [0.1, 0.15) is 12.4 Å². The molecule has 0 amide bonds. The first-order valence-corrected chi connectivity index (χ1v) is 10.8. The number of pyridine rings is 1. The van der Waals surface area contributed by atoms with Gasteiger partial charge in [0.2, 0.25) is 0 Å². The van der Waals surface area contributed by atoms with Crippen molar-refractivity contribution in [2.24, 2.45) is 0 Å².